The Hall–Kier alpha value is -0.730. The van der Waals surface area contributed by atoms with E-state index in [-0.39, 0.29) is 11.5 Å². The van der Waals surface area contributed by atoms with E-state index < -0.39 is 0 Å². The maximum absolute atomic E-state index is 6.27. The number of rotatable bonds is 4. The predicted octanol–water partition coefficient (Wildman–Crippen LogP) is 3.26. The zero-order valence-electron chi connectivity index (χ0n) is 10.1. The largest absolute Gasteiger partial charge is 0.489 e. The highest BCUT2D eigenvalue weighted by Gasteiger charge is 2.47. The number of hydrogen-bond acceptors (Lipinski definition) is 2. The lowest BCUT2D eigenvalue weighted by molar-refractivity contribution is 0.303. The maximum atomic E-state index is 6.27. The quantitative estimate of drug-likeness (QED) is 0.892. The average Bonchev–Trinajstić information content (AvgIpc) is 3.14. The molecular formula is C14H18ClNO. The van der Waals surface area contributed by atoms with E-state index in [1.807, 2.05) is 12.1 Å². The van der Waals surface area contributed by atoms with Crippen LogP contribution in [0.3, 0.4) is 0 Å². The first-order valence-corrected chi connectivity index (χ1v) is 6.72. The zero-order chi connectivity index (χ0) is 12.0. The first-order chi connectivity index (χ1) is 8.12. The van der Waals surface area contributed by atoms with E-state index in [0.29, 0.717) is 6.10 Å². The molecular weight excluding hydrogens is 234 g/mol. The van der Waals surface area contributed by atoms with Gasteiger partial charge in [-0.25, -0.2) is 0 Å². The number of halogens is 1. The van der Waals surface area contributed by atoms with E-state index >= 15 is 0 Å². The van der Waals surface area contributed by atoms with Gasteiger partial charge in [0.2, 0.25) is 0 Å². The summed E-state index contributed by atoms with van der Waals surface area (Å²) in [6.07, 6.45) is 5.04. The Morgan fingerprint density at radius 3 is 2.59 bits per heavy atom. The van der Waals surface area contributed by atoms with Gasteiger partial charge in [0, 0.05) is 11.5 Å². The van der Waals surface area contributed by atoms with E-state index in [4.69, 9.17) is 22.1 Å². The fourth-order valence-electron chi connectivity index (χ4n) is 2.41. The third-order valence-electron chi connectivity index (χ3n) is 3.99. The lowest BCUT2D eigenvalue weighted by Gasteiger charge is -2.21. The van der Waals surface area contributed by atoms with Gasteiger partial charge >= 0.3 is 0 Å². The molecule has 0 spiro atoms. The molecule has 1 aromatic carbocycles. The van der Waals surface area contributed by atoms with Gasteiger partial charge in [0.05, 0.1) is 11.1 Å². The van der Waals surface area contributed by atoms with E-state index in [2.05, 4.69) is 13.0 Å². The molecule has 0 bridgehead atoms. The van der Waals surface area contributed by atoms with Crippen molar-refractivity contribution in [1.29, 1.82) is 0 Å². The predicted molar refractivity (Wildman–Crippen MR) is 69.7 cm³/mol. The van der Waals surface area contributed by atoms with Crippen LogP contribution in [-0.4, -0.2) is 12.1 Å². The summed E-state index contributed by atoms with van der Waals surface area (Å²) in [5.41, 5.74) is 7.50. The molecule has 2 saturated carbocycles. The van der Waals surface area contributed by atoms with Crippen molar-refractivity contribution in [2.75, 3.05) is 0 Å². The van der Waals surface area contributed by atoms with Crippen LogP contribution >= 0.6 is 11.6 Å². The van der Waals surface area contributed by atoms with Crippen LogP contribution in [0.2, 0.25) is 5.02 Å². The Labute approximate surface area is 107 Å². The van der Waals surface area contributed by atoms with Crippen molar-refractivity contribution in [3.63, 3.8) is 0 Å². The first-order valence-electron chi connectivity index (χ1n) is 6.34. The van der Waals surface area contributed by atoms with Gasteiger partial charge in [-0.1, -0.05) is 17.7 Å². The van der Waals surface area contributed by atoms with Gasteiger partial charge < -0.3 is 10.5 Å². The van der Waals surface area contributed by atoms with E-state index in [9.17, 15) is 0 Å². The Balaban J connectivity index is 1.85. The first kappa shape index (κ1) is 11.4. The molecule has 92 valence electrons. The van der Waals surface area contributed by atoms with Gasteiger partial charge in [0.1, 0.15) is 5.75 Å². The second-order valence-electron chi connectivity index (χ2n) is 5.41. The molecule has 2 N–H and O–H groups in total. The number of nitrogens with two attached hydrogens (primary N) is 1. The fourth-order valence-corrected chi connectivity index (χ4v) is 2.64. The second kappa shape index (κ2) is 3.89. The molecule has 2 nitrogen and oxygen atoms in total. The van der Waals surface area contributed by atoms with Gasteiger partial charge in [-0.2, -0.15) is 0 Å². The standard InChI is InChI=1S/C14H18ClNO/c1-9(16)14(6-7-14)10-2-5-13(12(15)8-10)17-11-3-4-11/h2,5,8-9,11H,3-4,6-7,16H2,1H3. The highest BCUT2D eigenvalue weighted by molar-refractivity contribution is 6.32. The maximum Gasteiger partial charge on any atom is 0.138 e. The normalized spacial score (nSPS) is 23.2. The van der Waals surface area contributed by atoms with Gasteiger partial charge in [0.25, 0.3) is 0 Å². The number of ether oxygens (including phenoxy) is 1. The molecule has 0 amide bonds. The summed E-state index contributed by atoms with van der Waals surface area (Å²) in [5.74, 6) is 0.818. The van der Waals surface area contributed by atoms with Crippen LogP contribution in [0, 0.1) is 0 Å². The van der Waals surface area contributed by atoms with Gasteiger partial charge in [-0.15, -0.1) is 0 Å². The summed E-state index contributed by atoms with van der Waals surface area (Å²) in [4.78, 5) is 0. The zero-order valence-corrected chi connectivity index (χ0v) is 10.8. The lowest BCUT2D eigenvalue weighted by atomic mass is 9.89. The highest BCUT2D eigenvalue weighted by atomic mass is 35.5. The van der Waals surface area contributed by atoms with Crippen LogP contribution in [0.4, 0.5) is 0 Å². The van der Waals surface area contributed by atoms with Crippen LogP contribution in [-0.2, 0) is 5.41 Å². The van der Waals surface area contributed by atoms with Crippen LogP contribution < -0.4 is 10.5 Å². The van der Waals surface area contributed by atoms with Gasteiger partial charge in [0.15, 0.2) is 0 Å². The minimum atomic E-state index is 0.168. The van der Waals surface area contributed by atoms with Crippen molar-refractivity contribution >= 4 is 11.6 Å². The van der Waals surface area contributed by atoms with E-state index in [1.165, 1.54) is 18.4 Å². The minimum absolute atomic E-state index is 0.168. The Morgan fingerprint density at radius 2 is 2.12 bits per heavy atom. The average molecular weight is 252 g/mol. The third-order valence-corrected chi connectivity index (χ3v) is 4.28. The van der Waals surface area contributed by atoms with Crippen molar-refractivity contribution in [3.05, 3.63) is 28.8 Å². The van der Waals surface area contributed by atoms with E-state index in [0.717, 1.165) is 23.6 Å². The van der Waals surface area contributed by atoms with Crippen molar-refractivity contribution < 1.29 is 4.74 Å². The summed E-state index contributed by atoms with van der Waals surface area (Å²) in [5, 5.41) is 0.723. The topological polar surface area (TPSA) is 35.2 Å². The van der Waals surface area contributed by atoms with E-state index in [1.54, 1.807) is 0 Å². The summed E-state index contributed by atoms with van der Waals surface area (Å²) in [7, 11) is 0. The second-order valence-corrected chi connectivity index (χ2v) is 5.81. The number of benzene rings is 1. The van der Waals surface area contributed by atoms with Crippen LogP contribution in [0.15, 0.2) is 18.2 Å². The third kappa shape index (κ3) is 2.04. The monoisotopic (exact) mass is 251 g/mol. The highest BCUT2D eigenvalue weighted by Crippen LogP contribution is 2.51. The molecule has 0 heterocycles. The van der Waals surface area contributed by atoms with Crippen LogP contribution in [0.1, 0.15) is 38.2 Å². The molecule has 0 aliphatic heterocycles. The fraction of sp³-hybridized carbons (Fsp3) is 0.571. The number of hydrogen-bond donors (Lipinski definition) is 1. The molecule has 3 heteroatoms. The Kier molecular flexibility index (Phi) is 2.60. The lowest BCUT2D eigenvalue weighted by Crippen LogP contribution is -2.31. The van der Waals surface area contributed by atoms with Crippen LogP contribution in [0.5, 0.6) is 5.75 Å². The SMILES string of the molecule is CC(N)C1(c2ccc(OC3CC3)c(Cl)c2)CC1. The van der Waals surface area contributed by atoms with Crippen LogP contribution in [0.25, 0.3) is 0 Å². The van der Waals surface area contributed by atoms with Crippen molar-refractivity contribution in [2.24, 2.45) is 5.73 Å². The van der Waals surface area contributed by atoms with Crippen molar-refractivity contribution in [3.8, 4) is 5.75 Å². The minimum Gasteiger partial charge on any atom is -0.489 e. The Bertz CT molecular complexity index is 436. The molecule has 2 aliphatic carbocycles. The molecule has 1 unspecified atom stereocenters. The Morgan fingerprint density at radius 1 is 1.41 bits per heavy atom. The molecule has 17 heavy (non-hydrogen) atoms. The summed E-state index contributed by atoms with van der Waals surface area (Å²) >= 11 is 6.27. The molecule has 2 aliphatic rings. The van der Waals surface area contributed by atoms with Gasteiger partial charge in [-0.3, -0.25) is 0 Å². The molecule has 0 radical (unpaired) electrons. The summed E-state index contributed by atoms with van der Waals surface area (Å²) in [6, 6.07) is 6.35. The molecule has 3 rings (SSSR count). The molecule has 2 fully saturated rings. The summed E-state index contributed by atoms with van der Waals surface area (Å²) in [6.45, 7) is 2.08. The molecule has 1 atom stereocenters. The van der Waals surface area contributed by atoms with Crippen molar-refractivity contribution in [2.45, 2.75) is 50.2 Å². The summed E-state index contributed by atoms with van der Waals surface area (Å²) < 4.78 is 5.74. The van der Waals surface area contributed by atoms with Crippen molar-refractivity contribution in [1.82, 2.24) is 0 Å². The molecule has 1 aromatic rings. The molecule has 0 saturated heterocycles. The smallest absolute Gasteiger partial charge is 0.138 e. The molecule has 0 aromatic heterocycles. The van der Waals surface area contributed by atoms with Gasteiger partial charge in [-0.05, 0) is 50.3 Å².